The van der Waals surface area contributed by atoms with Gasteiger partial charge in [-0.2, -0.15) is 0 Å². The van der Waals surface area contributed by atoms with Crippen molar-refractivity contribution < 1.29 is 4.39 Å². The maximum Gasteiger partial charge on any atom is 0.123 e. The summed E-state index contributed by atoms with van der Waals surface area (Å²) in [4.78, 5) is 3.42. The lowest BCUT2D eigenvalue weighted by atomic mass is 10.0. The van der Waals surface area contributed by atoms with Gasteiger partial charge < -0.3 is 10.6 Å². The van der Waals surface area contributed by atoms with E-state index in [4.69, 9.17) is 5.73 Å². The van der Waals surface area contributed by atoms with E-state index in [2.05, 4.69) is 25.8 Å². The summed E-state index contributed by atoms with van der Waals surface area (Å²) in [6.07, 6.45) is 1.04. The molecule has 1 unspecified atom stereocenters. The first-order valence-electron chi connectivity index (χ1n) is 6.81. The van der Waals surface area contributed by atoms with Crippen LogP contribution >= 0.6 is 11.8 Å². The minimum atomic E-state index is -0.177. The molecule has 1 aromatic rings. The lowest BCUT2D eigenvalue weighted by molar-refractivity contribution is 0.318. The third kappa shape index (κ3) is 6.95. The largest absolute Gasteiger partial charge is 0.327 e. The second kappa shape index (κ2) is 8.56. The number of hydrogen-bond donors (Lipinski definition) is 1. The number of benzene rings is 1. The van der Waals surface area contributed by atoms with Crippen LogP contribution in [0.5, 0.6) is 0 Å². The first-order chi connectivity index (χ1) is 8.99. The fourth-order valence-corrected chi connectivity index (χ4v) is 2.63. The fraction of sp³-hybridized carbons (Fsp3) is 0.600. The Kier molecular flexibility index (Phi) is 7.42. The van der Waals surface area contributed by atoms with Gasteiger partial charge in [-0.05, 0) is 50.2 Å². The molecule has 4 heteroatoms. The van der Waals surface area contributed by atoms with E-state index in [9.17, 15) is 4.39 Å². The minimum absolute atomic E-state index is 0.177. The maximum atomic E-state index is 12.7. The van der Waals surface area contributed by atoms with Gasteiger partial charge in [0.25, 0.3) is 0 Å². The second-order valence-corrected chi connectivity index (χ2v) is 6.47. The van der Waals surface area contributed by atoms with Gasteiger partial charge in [0.1, 0.15) is 5.82 Å². The number of hydrogen-bond acceptors (Lipinski definition) is 3. The van der Waals surface area contributed by atoms with Crippen molar-refractivity contribution in [1.82, 2.24) is 4.90 Å². The molecule has 108 valence electrons. The Bertz CT molecular complexity index is 354. The molecule has 0 saturated carbocycles. The zero-order chi connectivity index (χ0) is 14.3. The van der Waals surface area contributed by atoms with Crippen LogP contribution < -0.4 is 5.73 Å². The molecular formula is C15H25FN2S. The van der Waals surface area contributed by atoms with Crippen LogP contribution in [0.2, 0.25) is 0 Å². The molecule has 19 heavy (non-hydrogen) atoms. The Balaban J connectivity index is 2.16. The summed E-state index contributed by atoms with van der Waals surface area (Å²) in [5, 5.41) is 0. The number of nitrogens with zero attached hydrogens (tertiary/aromatic N) is 1. The van der Waals surface area contributed by atoms with E-state index >= 15 is 0 Å². The van der Waals surface area contributed by atoms with Crippen molar-refractivity contribution in [3.8, 4) is 0 Å². The van der Waals surface area contributed by atoms with E-state index in [-0.39, 0.29) is 11.9 Å². The summed E-state index contributed by atoms with van der Waals surface area (Å²) in [5.41, 5.74) is 6.03. The number of thioether (sulfide) groups is 1. The standard InChI is InChI=1S/C15H25FN2S/c1-12(2)15(17)8-9-18(3)10-11-19-14-6-4-13(16)5-7-14/h4-7,12,15H,8-11,17H2,1-3H3. The molecule has 0 amide bonds. The van der Waals surface area contributed by atoms with Crippen LogP contribution in [-0.4, -0.2) is 36.8 Å². The molecule has 0 fully saturated rings. The van der Waals surface area contributed by atoms with E-state index in [1.807, 2.05) is 12.1 Å². The van der Waals surface area contributed by atoms with Crippen LogP contribution in [0.15, 0.2) is 29.2 Å². The van der Waals surface area contributed by atoms with Crippen LogP contribution in [0.4, 0.5) is 4.39 Å². The van der Waals surface area contributed by atoms with E-state index in [0.717, 1.165) is 30.2 Å². The molecule has 0 radical (unpaired) electrons. The first kappa shape index (κ1) is 16.5. The molecule has 2 nitrogen and oxygen atoms in total. The molecule has 1 atom stereocenters. The molecule has 0 aromatic heterocycles. The highest BCUT2D eigenvalue weighted by molar-refractivity contribution is 7.99. The van der Waals surface area contributed by atoms with Crippen molar-refractivity contribution in [2.45, 2.75) is 31.2 Å². The van der Waals surface area contributed by atoms with E-state index < -0.39 is 0 Å². The molecule has 0 spiro atoms. The van der Waals surface area contributed by atoms with Crippen molar-refractivity contribution >= 4 is 11.8 Å². The quantitative estimate of drug-likeness (QED) is 0.743. The van der Waals surface area contributed by atoms with Gasteiger partial charge in [0, 0.05) is 23.2 Å². The summed E-state index contributed by atoms with van der Waals surface area (Å²) in [7, 11) is 2.12. The van der Waals surface area contributed by atoms with Gasteiger partial charge in [-0.1, -0.05) is 13.8 Å². The Morgan fingerprint density at radius 1 is 1.21 bits per heavy atom. The van der Waals surface area contributed by atoms with Gasteiger partial charge in [-0.3, -0.25) is 0 Å². The molecule has 1 rings (SSSR count). The average molecular weight is 284 g/mol. The first-order valence-corrected chi connectivity index (χ1v) is 7.80. The second-order valence-electron chi connectivity index (χ2n) is 5.30. The van der Waals surface area contributed by atoms with Crippen LogP contribution in [-0.2, 0) is 0 Å². The summed E-state index contributed by atoms with van der Waals surface area (Å²) in [6.45, 7) is 6.38. The van der Waals surface area contributed by atoms with E-state index in [0.29, 0.717) is 5.92 Å². The van der Waals surface area contributed by atoms with Crippen molar-refractivity contribution in [3.63, 3.8) is 0 Å². The molecule has 0 aliphatic carbocycles. The molecule has 0 heterocycles. The minimum Gasteiger partial charge on any atom is -0.327 e. The van der Waals surface area contributed by atoms with Gasteiger partial charge in [-0.15, -0.1) is 11.8 Å². The van der Waals surface area contributed by atoms with Crippen LogP contribution in [0.1, 0.15) is 20.3 Å². The number of rotatable bonds is 8. The van der Waals surface area contributed by atoms with Gasteiger partial charge >= 0.3 is 0 Å². The van der Waals surface area contributed by atoms with Gasteiger partial charge in [0.2, 0.25) is 0 Å². The van der Waals surface area contributed by atoms with E-state index in [1.54, 1.807) is 11.8 Å². The van der Waals surface area contributed by atoms with Gasteiger partial charge in [0.15, 0.2) is 0 Å². The fourth-order valence-electron chi connectivity index (χ4n) is 1.66. The van der Waals surface area contributed by atoms with Crippen molar-refractivity contribution in [2.75, 3.05) is 25.9 Å². The highest BCUT2D eigenvalue weighted by atomic mass is 32.2. The molecule has 0 saturated heterocycles. The maximum absolute atomic E-state index is 12.7. The number of halogens is 1. The molecule has 1 aromatic carbocycles. The Morgan fingerprint density at radius 2 is 1.84 bits per heavy atom. The Morgan fingerprint density at radius 3 is 2.42 bits per heavy atom. The van der Waals surface area contributed by atoms with Gasteiger partial charge in [-0.25, -0.2) is 4.39 Å². The van der Waals surface area contributed by atoms with Crippen LogP contribution in [0, 0.1) is 11.7 Å². The molecule has 2 N–H and O–H groups in total. The number of nitrogens with two attached hydrogens (primary N) is 1. The molecule has 0 aliphatic heterocycles. The zero-order valence-corrected chi connectivity index (χ0v) is 12.9. The third-order valence-electron chi connectivity index (χ3n) is 3.26. The Hall–Kier alpha value is -0.580. The third-order valence-corrected chi connectivity index (χ3v) is 4.25. The van der Waals surface area contributed by atoms with Crippen molar-refractivity contribution in [1.29, 1.82) is 0 Å². The lowest BCUT2D eigenvalue weighted by Crippen LogP contribution is -2.32. The zero-order valence-electron chi connectivity index (χ0n) is 12.1. The molecule has 0 bridgehead atoms. The van der Waals surface area contributed by atoms with Crippen LogP contribution in [0.25, 0.3) is 0 Å². The normalized spacial score (nSPS) is 13.2. The molecule has 0 aliphatic rings. The van der Waals surface area contributed by atoms with Gasteiger partial charge in [0.05, 0.1) is 0 Å². The predicted molar refractivity (Wildman–Crippen MR) is 82.1 cm³/mol. The van der Waals surface area contributed by atoms with Crippen LogP contribution in [0.3, 0.4) is 0 Å². The smallest absolute Gasteiger partial charge is 0.123 e. The highest BCUT2D eigenvalue weighted by Gasteiger charge is 2.08. The SMILES string of the molecule is CC(C)C(N)CCN(C)CCSc1ccc(F)cc1. The summed E-state index contributed by atoms with van der Waals surface area (Å²) in [5.74, 6) is 1.38. The topological polar surface area (TPSA) is 29.3 Å². The summed E-state index contributed by atoms with van der Waals surface area (Å²) in [6, 6.07) is 6.96. The predicted octanol–water partition coefficient (Wildman–Crippen LogP) is 3.22. The monoisotopic (exact) mass is 284 g/mol. The summed E-state index contributed by atoms with van der Waals surface area (Å²) < 4.78 is 12.7. The highest BCUT2D eigenvalue weighted by Crippen LogP contribution is 2.17. The van der Waals surface area contributed by atoms with Crippen molar-refractivity contribution in [2.24, 2.45) is 11.7 Å². The lowest BCUT2D eigenvalue weighted by Gasteiger charge is -2.21. The Labute approximate surface area is 120 Å². The van der Waals surface area contributed by atoms with E-state index in [1.165, 1.54) is 12.1 Å². The van der Waals surface area contributed by atoms with Crippen molar-refractivity contribution in [3.05, 3.63) is 30.1 Å². The summed E-state index contributed by atoms with van der Waals surface area (Å²) >= 11 is 1.76. The average Bonchev–Trinajstić information content (AvgIpc) is 2.38. The molecular weight excluding hydrogens is 259 g/mol.